The topological polar surface area (TPSA) is 56.0 Å². The highest BCUT2D eigenvalue weighted by Crippen LogP contribution is 2.42. The number of Topliss-reactive ketones (excluding diaryl/α,β-unsaturated/α-hetero) is 1. The number of carbonyl (C=O) groups is 1. The van der Waals surface area contributed by atoms with Crippen molar-refractivity contribution in [3.8, 4) is 0 Å². The first-order valence-electron chi connectivity index (χ1n) is 7.74. The molecular formula is C16H26N2O2. The standard InChI is InChI=1S/C16H26N2O2/c1-5-13(19)10-14-17-15(18-20-14)11-6-8-12(9-7-11)16(2,3)4/h11-12H,5-10H2,1-4H3. The monoisotopic (exact) mass is 278 g/mol. The lowest BCUT2D eigenvalue weighted by atomic mass is 9.70. The fourth-order valence-corrected chi connectivity index (χ4v) is 3.02. The van der Waals surface area contributed by atoms with Gasteiger partial charge in [0.25, 0.3) is 0 Å². The summed E-state index contributed by atoms with van der Waals surface area (Å²) in [7, 11) is 0. The molecule has 1 aliphatic carbocycles. The second kappa shape index (κ2) is 6.06. The van der Waals surface area contributed by atoms with E-state index in [1.165, 1.54) is 12.8 Å². The molecule has 1 saturated carbocycles. The smallest absolute Gasteiger partial charge is 0.234 e. The quantitative estimate of drug-likeness (QED) is 0.837. The van der Waals surface area contributed by atoms with Gasteiger partial charge in [0, 0.05) is 12.3 Å². The molecule has 1 heterocycles. The summed E-state index contributed by atoms with van der Waals surface area (Å²) in [5.41, 5.74) is 0.390. The van der Waals surface area contributed by atoms with E-state index in [0.717, 1.165) is 24.6 Å². The van der Waals surface area contributed by atoms with E-state index in [1.807, 2.05) is 6.92 Å². The van der Waals surface area contributed by atoms with Gasteiger partial charge in [-0.3, -0.25) is 4.79 Å². The fraction of sp³-hybridized carbons (Fsp3) is 0.812. The molecule has 2 rings (SSSR count). The Labute approximate surface area is 121 Å². The maximum Gasteiger partial charge on any atom is 0.234 e. The SMILES string of the molecule is CCC(=O)Cc1nc(C2CCC(C(C)(C)C)CC2)no1. The summed E-state index contributed by atoms with van der Waals surface area (Å²) in [6.45, 7) is 8.82. The maximum absolute atomic E-state index is 11.4. The predicted molar refractivity (Wildman–Crippen MR) is 77.5 cm³/mol. The Kier molecular flexibility index (Phi) is 4.61. The van der Waals surface area contributed by atoms with Gasteiger partial charge in [-0.1, -0.05) is 32.9 Å². The normalized spacial score (nSPS) is 23.8. The largest absolute Gasteiger partial charge is 0.339 e. The van der Waals surface area contributed by atoms with Crippen molar-refractivity contribution in [2.75, 3.05) is 0 Å². The van der Waals surface area contributed by atoms with E-state index in [4.69, 9.17) is 4.52 Å². The van der Waals surface area contributed by atoms with Gasteiger partial charge in [0.15, 0.2) is 5.82 Å². The molecule has 4 nitrogen and oxygen atoms in total. The number of hydrogen-bond acceptors (Lipinski definition) is 4. The molecule has 20 heavy (non-hydrogen) atoms. The van der Waals surface area contributed by atoms with Gasteiger partial charge in [-0.2, -0.15) is 4.98 Å². The van der Waals surface area contributed by atoms with E-state index >= 15 is 0 Å². The summed E-state index contributed by atoms with van der Waals surface area (Å²) in [4.78, 5) is 15.8. The molecule has 0 unspecified atom stereocenters. The van der Waals surface area contributed by atoms with Crippen molar-refractivity contribution >= 4 is 5.78 Å². The molecule has 0 bridgehead atoms. The van der Waals surface area contributed by atoms with Crippen LogP contribution >= 0.6 is 0 Å². The molecule has 1 aromatic heterocycles. The van der Waals surface area contributed by atoms with Crippen LogP contribution in [0.1, 0.15) is 77.4 Å². The number of aromatic nitrogens is 2. The van der Waals surface area contributed by atoms with E-state index in [0.29, 0.717) is 23.6 Å². The van der Waals surface area contributed by atoms with Gasteiger partial charge in [0.1, 0.15) is 5.78 Å². The highest BCUT2D eigenvalue weighted by atomic mass is 16.5. The molecule has 0 spiro atoms. The Bertz CT molecular complexity index is 451. The Balaban J connectivity index is 1.92. The first-order chi connectivity index (χ1) is 9.40. The number of carbonyl (C=O) groups excluding carboxylic acids is 1. The van der Waals surface area contributed by atoms with Crippen molar-refractivity contribution in [3.63, 3.8) is 0 Å². The number of rotatable bonds is 4. The second-order valence-electron chi connectivity index (χ2n) is 7.03. The van der Waals surface area contributed by atoms with Crippen LogP contribution in [0.5, 0.6) is 0 Å². The van der Waals surface area contributed by atoms with Crippen LogP contribution in [0, 0.1) is 11.3 Å². The van der Waals surface area contributed by atoms with Crippen molar-refractivity contribution in [2.45, 2.75) is 72.1 Å². The zero-order valence-electron chi connectivity index (χ0n) is 13.1. The lowest BCUT2D eigenvalue weighted by Gasteiger charge is -2.36. The van der Waals surface area contributed by atoms with E-state index < -0.39 is 0 Å². The molecular weight excluding hydrogens is 252 g/mol. The highest BCUT2D eigenvalue weighted by molar-refractivity contribution is 5.79. The number of ketones is 1. The zero-order valence-corrected chi connectivity index (χ0v) is 13.1. The molecule has 112 valence electrons. The lowest BCUT2D eigenvalue weighted by molar-refractivity contribution is -0.118. The molecule has 0 N–H and O–H groups in total. The fourth-order valence-electron chi connectivity index (χ4n) is 3.02. The molecule has 0 atom stereocenters. The molecule has 1 aliphatic rings. The molecule has 0 aliphatic heterocycles. The molecule has 1 fully saturated rings. The van der Waals surface area contributed by atoms with Gasteiger partial charge in [-0.05, 0) is 37.0 Å². The zero-order chi connectivity index (χ0) is 14.8. The molecule has 0 amide bonds. The van der Waals surface area contributed by atoms with Crippen LogP contribution in [0.25, 0.3) is 0 Å². The van der Waals surface area contributed by atoms with Crippen LogP contribution in [0.2, 0.25) is 0 Å². The first kappa shape index (κ1) is 15.2. The summed E-state index contributed by atoms with van der Waals surface area (Å²) in [5, 5.41) is 4.08. The molecule has 4 heteroatoms. The third kappa shape index (κ3) is 3.68. The summed E-state index contributed by atoms with van der Waals surface area (Å²) >= 11 is 0. The molecule has 0 saturated heterocycles. The Morgan fingerprint density at radius 3 is 2.45 bits per heavy atom. The van der Waals surface area contributed by atoms with Gasteiger partial charge in [0.05, 0.1) is 6.42 Å². The average Bonchev–Trinajstić information content (AvgIpc) is 2.86. The van der Waals surface area contributed by atoms with E-state index in [2.05, 4.69) is 30.9 Å². The van der Waals surface area contributed by atoms with Crippen molar-refractivity contribution < 1.29 is 9.32 Å². The van der Waals surface area contributed by atoms with Crippen molar-refractivity contribution in [3.05, 3.63) is 11.7 Å². The minimum Gasteiger partial charge on any atom is -0.339 e. The summed E-state index contributed by atoms with van der Waals surface area (Å²) in [6.07, 6.45) is 5.51. The van der Waals surface area contributed by atoms with Gasteiger partial charge in [0.2, 0.25) is 5.89 Å². The van der Waals surface area contributed by atoms with Crippen molar-refractivity contribution in [1.82, 2.24) is 10.1 Å². The van der Waals surface area contributed by atoms with Crippen molar-refractivity contribution in [2.24, 2.45) is 11.3 Å². The number of nitrogens with zero attached hydrogens (tertiary/aromatic N) is 2. The van der Waals surface area contributed by atoms with Crippen LogP contribution in [0.15, 0.2) is 4.52 Å². The number of hydrogen-bond donors (Lipinski definition) is 0. The van der Waals surface area contributed by atoms with Crippen LogP contribution in [-0.4, -0.2) is 15.9 Å². The molecule has 0 aromatic carbocycles. The van der Waals surface area contributed by atoms with E-state index in [-0.39, 0.29) is 12.2 Å². The maximum atomic E-state index is 11.4. The predicted octanol–water partition coefficient (Wildman–Crippen LogP) is 3.91. The second-order valence-corrected chi connectivity index (χ2v) is 7.03. The third-order valence-electron chi connectivity index (χ3n) is 4.54. The van der Waals surface area contributed by atoms with Gasteiger partial charge < -0.3 is 4.52 Å². The van der Waals surface area contributed by atoms with Gasteiger partial charge >= 0.3 is 0 Å². The van der Waals surface area contributed by atoms with Crippen molar-refractivity contribution in [1.29, 1.82) is 0 Å². The Hall–Kier alpha value is -1.19. The lowest BCUT2D eigenvalue weighted by Crippen LogP contribution is -2.25. The molecule has 0 radical (unpaired) electrons. The summed E-state index contributed by atoms with van der Waals surface area (Å²) < 4.78 is 5.20. The van der Waals surface area contributed by atoms with Crippen LogP contribution in [-0.2, 0) is 11.2 Å². The molecule has 1 aromatic rings. The van der Waals surface area contributed by atoms with Gasteiger partial charge in [-0.15, -0.1) is 0 Å². The summed E-state index contributed by atoms with van der Waals surface area (Å²) in [6, 6.07) is 0. The first-order valence-corrected chi connectivity index (χ1v) is 7.74. The third-order valence-corrected chi connectivity index (χ3v) is 4.54. The Morgan fingerprint density at radius 1 is 1.25 bits per heavy atom. The van der Waals surface area contributed by atoms with Crippen LogP contribution in [0.4, 0.5) is 0 Å². The minimum absolute atomic E-state index is 0.150. The minimum atomic E-state index is 0.150. The average molecular weight is 278 g/mol. The van der Waals surface area contributed by atoms with Crippen LogP contribution in [0.3, 0.4) is 0 Å². The van der Waals surface area contributed by atoms with E-state index in [1.54, 1.807) is 0 Å². The Morgan fingerprint density at radius 2 is 1.90 bits per heavy atom. The summed E-state index contributed by atoms with van der Waals surface area (Å²) in [5.74, 6) is 2.62. The van der Waals surface area contributed by atoms with E-state index in [9.17, 15) is 4.79 Å². The van der Waals surface area contributed by atoms with Gasteiger partial charge in [-0.25, -0.2) is 0 Å². The van der Waals surface area contributed by atoms with Crippen LogP contribution < -0.4 is 0 Å². The highest BCUT2D eigenvalue weighted by Gasteiger charge is 2.32.